The molecule has 2 saturated heterocycles. The summed E-state index contributed by atoms with van der Waals surface area (Å²) in [5.41, 5.74) is 0.592. The zero-order valence-corrected chi connectivity index (χ0v) is 15.6. The van der Waals surface area contributed by atoms with Crippen molar-refractivity contribution in [2.75, 3.05) is 26.8 Å². The smallest absolute Gasteiger partial charge is 0.223 e. The normalized spacial score (nSPS) is 22.0. The molecule has 26 heavy (non-hydrogen) atoms. The van der Waals surface area contributed by atoms with Crippen LogP contribution in [0.25, 0.3) is 0 Å². The van der Waals surface area contributed by atoms with E-state index in [1.54, 1.807) is 25.3 Å². The van der Waals surface area contributed by atoms with E-state index in [2.05, 4.69) is 10.2 Å². The average molecular weight is 360 g/mol. The number of hydrogen-bond acceptors (Lipinski definition) is 5. The predicted molar refractivity (Wildman–Crippen MR) is 98.9 cm³/mol. The number of nitrogens with one attached hydrogen (secondary N) is 1. The van der Waals surface area contributed by atoms with Gasteiger partial charge < -0.3 is 19.7 Å². The number of nitrogens with zero attached hydrogens (tertiary/aromatic N) is 1. The number of methoxy groups -OCH3 is 1. The number of benzene rings is 1. The Bertz CT molecular complexity index is 647. The van der Waals surface area contributed by atoms with Crippen LogP contribution in [-0.2, 0) is 4.79 Å². The maximum Gasteiger partial charge on any atom is 0.223 e. The highest BCUT2D eigenvalue weighted by molar-refractivity contribution is 5.94. The molecule has 1 aromatic carbocycles. The molecule has 0 radical (unpaired) electrons. The van der Waals surface area contributed by atoms with Crippen LogP contribution in [0.5, 0.6) is 11.5 Å². The molecule has 2 fully saturated rings. The van der Waals surface area contributed by atoms with Crippen molar-refractivity contribution in [1.82, 2.24) is 10.2 Å². The summed E-state index contributed by atoms with van der Waals surface area (Å²) in [6.45, 7) is 3.89. The second-order valence-electron chi connectivity index (χ2n) is 7.05. The van der Waals surface area contributed by atoms with Crippen molar-refractivity contribution < 1.29 is 19.1 Å². The Hall–Kier alpha value is -2.08. The lowest BCUT2D eigenvalue weighted by atomic mass is 10.1. The zero-order chi connectivity index (χ0) is 18.5. The highest BCUT2D eigenvalue weighted by Gasteiger charge is 2.37. The Morgan fingerprint density at radius 3 is 2.77 bits per heavy atom. The van der Waals surface area contributed by atoms with Crippen LogP contribution >= 0.6 is 0 Å². The minimum absolute atomic E-state index is 0.0120. The first kappa shape index (κ1) is 18.7. The summed E-state index contributed by atoms with van der Waals surface area (Å²) in [7, 11) is 1.55. The molecule has 142 valence electrons. The number of rotatable bonds is 7. The van der Waals surface area contributed by atoms with Crippen LogP contribution in [0.15, 0.2) is 18.2 Å². The molecule has 0 aromatic heterocycles. The van der Waals surface area contributed by atoms with Crippen molar-refractivity contribution in [1.29, 1.82) is 0 Å². The quantitative estimate of drug-likeness (QED) is 0.597. The van der Waals surface area contributed by atoms with Gasteiger partial charge in [0.05, 0.1) is 13.7 Å². The topological polar surface area (TPSA) is 67.9 Å². The molecule has 1 aromatic rings. The van der Waals surface area contributed by atoms with E-state index in [4.69, 9.17) is 9.47 Å². The third kappa shape index (κ3) is 4.18. The van der Waals surface area contributed by atoms with Crippen molar-refractivity contribution in [3.63, 3.8) is 0 Å². The number of ether oxygens (including phenoxy) is 2. The second kappa shape index (κ2) is 8.54. The van der Waals surface area contributed by atoms with E-state index in [1.165, 1.54) is 6.92 Å². The van der Waals surface area contributed by atoms with E-state index >= 15 is 0 Å². The average Bonchev–Trinajstić information content (AvgIpc) is 2.91. The Morgan fingerprint density at radius 1 is 1.19 bits per heavy atom. The summed E-state index contributed by atoms with van der Waals surface area (Å²) < 4.78 is 11.1. The van der Waals surface area contributed by atoms with Crippen LogP contribution in [-0.4, -0.2) is 55.5 Å². The predicted octanol–water partition coefficient (Wildman–Crippen LogP) is 2.41. The van der Waals surface area contributed by atoms with Gasteiger partial charge >= 0.3 is 0 Å². The molecule has 2 unspecified atom stereocenters. The minimum Gasteiger partial charge on any atom is -0.493 e. The van der Waals surface area contributed by atoms with Crippen LogP contribution in [0, 0.1) is 0 Å². The molecule has 0 saturated carbocycles. The minimum atomic E-state index is -0.0120. The lowest BCUT2D eigenvalue weighted by molar-refractivity contribution is -0.134. The molecule has 2 bridgehead atoms. The van der Waals surface area contributed by atoms with Crippen LogP contribution in [0.4, 0.5) is 0 Å². The molecule has 0 spiro atoms. The SMILES string of the molecule is COc1cc(C(C)=O)ccc1OCCCC(=O)N1C2CCNCC1CC2. The standard InChI is InChI=1S/C20H28N2O4/c1-14(23)15-5-8-18(19(12-15)25-2)26-11-3-4-20(24)22-16-6-7-17(22)13-21-10-9-16/h5,8,12,16-17,21H,3-4,6-7,9-11,13H2,1-2H3. The Balaban J connectivity index is 1.49. The summed E-state index contributed by atoms with van der Waals surface area (Å²) >= 11 is 0. The highest BCUT2D eigenvalue weighted by atomic mass is 16.5. The van der Waals surface area contributed by atoms with Crippen molar-refractivity contribution in [3.05, 3.63) is 23.8 Å². The van der Waals surface area contributed by atoms with Gasteiger partial charge in [-0.3, -0.25) is 9.59 Å². The first-order chi connectivity index (χ1) is 12.6. The molecule has 2 atom stereocenters. The van der Waals surface area contributed by atoms with Crippen molar-refractivity contribution >= 4 is 11.7 Å². The number of amides is 1. The molecular weight excluding hydrogens is 332 g/mol. The van der Waals surface area contributed by atoms with Gasteiger partial charge in [0.15, 0.2) is 17.3 Å². The van der Waals surface area contributed by atoms with E-state index in [0.717, 1.165) is 32.4 Å². The first-order valence-electron chi connectivity index (χ1n) is 9.44. The summed E-state index contributed by atoms with van der Waals surface area (Å²) in [4.78, 5) is 26.2. The summed E-state index contributed by atoms with van der Waals surface area (Å²) in [5.74, 6) is 1.37. The summed E-state index contributed by atoms with van der Waals surface area (Å²) in [6, 6.07) is 5.92. The number of carbonyl (C=O) groups excluding carboxylic acids is 2. The third-order valence-electron chi connectivity index (χ3n) is 5.30. The van der Waals surface area contributed by atoms with Gasteiger partial charge in [-0.1, -0.05) is 0 Å². The number of hydrogen-bond donors (Lipinski definition) is 1. The number of fused-ring (bicyclic) bond motifs is 2. The van der Waals surface area contributed by atoms with Crippen LogP contribution in [0.1, 0.15) is 49.4 Å². The molecule has 2 aliphatic heterocycles. The van der Waals surface area contributed by atoms with Crippen LogP contribution in [0.3, 0.4) is 0 Å². The fourth-order valence-electron chi connectivity index (χ4n) is 3.93. The van der Waals surface area contributed by atoms with E-state index in [-0.39, 0.29) is 11.7 Å². The van der Waals surface area contributed by atoms with E-state index < -0.39 is 0 Å². The Morgan fingerprint density at radius 2 is 2.00 bits per heavy atom. The third-order valence-corrected chi connectivity index (χ3v) is 5.30. The summed E-state index contributed by atoms with van der Waals surface area (Å²) in [5, 5.41) is 3.42. The van der Waals surface area contributed by atoms with Crippen molar-refractivity contribution in [2.45, 2.75) is 51.1 Å². The molecular formula is C20H28N2O4. The first-order valence-corrected chi connectivity index (χ1v) is 9.44. The van der Waals surface area contributed by atoms with Gasteiger partial charge in [-0.05, 0) is 57.4 Å². The fraction of sp³-hybridized carbons (Fsp3) is 0.600. The largest absolute Gasteiger partial charge is 0.493 e. The van der Waals surface area contributed by atoms with Crippen molar-refractivity contribution in [2.24, 2.45) is 0 Å². The second-order valence-corrected chi connectivity index (χ2v) is 7.05. The van der Waals surface area contributed by atoms with Gasteiger partial charge in [0, 0.05) is 30.6 Å². The molecule has 2 heterocycles. The van der Waals surface area contributed by atoms with Crippen molar-refractivity contribution in [3.8, 4) is 11.5 Å². The molecule has 1 N–H and O–H groups in total. The molecule has 6 heteroatoms. The van der Waals surface area contributed by atoms with E-state index in [0.29, 0.717) is 48.6 Å². The lowest BCUT2D eigenvalue weighted by Gasteiger charge is -2.28. The Labute approximate surface area is 154 Å². The van der Waals surface area contributed by atoms with Gasteiger partial charge in [-0.2, -0.15) is 0 Å². The maximum absolute atomic E-state index is 12.6. The molecule has 1 amide bonds. The van der Waals surface area contributed by atoms with Gasteiger partial charge in [0.25, 0.3) is 0 Å². The number of ketones is 1. The zero-order valence-electron chi connectivity index (χ0n) is 15.6. The Kier molecular flexibility index (Phi) is 6.14. The van der Waals surface area contributed by atoms with Gasteiger partial charge in [-0.15, -0.1) is 0 Å². The fourth-order valence-corrected chi connectivity index (χ4v) is 3.93. The summed E-state index contributed by atoms with van der Waals surface area (Å²) in [6.07, 6.45) is 4.47. The number of carbonyl (C=O) groups is 2. The highest BCUT2D eigenvalue weighted by Crippen LogP contribution is 2.30. The monoisotopic (exact) mass is 360 g/mol. The van der Waals surface area contributed by atoms with E-state index in [9.17, 15) is 9.59 Å². The molecule has 2 aliphatic rings. The van der Waals surface area contributed by atoms with Crippen LogP contribution < -0.4 is 14.8 Å². The van der Waals surface area contributed by atoms with Gasteiger partial charge in [-0.25, -0.2) is 0 Å². The van der Waals surface area contributed by atoms with Gasteiger partial charge in [0.1, 0.15) is 0 Å². The number of Topliss-reactive ketones (excluding diaryl/α,β-unsaturated/α-hetero) is 1. The van der Waals surface area contributed by atoms with Gasteiger partial charge in [0.2, 0.25) is 5.91 Å². The molecule has 0 aliphatic carbocycles. The van der Waals surface area contributed by atoms with Crippen LogP contribution in [0.2, 0.25) is 0 Å². The van der Waals surface area contributed by atoms with E-state index in [1.807, 2.05) is 0 Å². The molecule has 6 nitrogen and oxygen atoms in total. The maximum atomic E-state index is 12.6. The lowest BCUT2D eigenvalue weighted by Crippen LogP contribution is -2.42. The molecule has 3 rings (SSSR count).